The first kappa shape index (κ1) is 22.6. The monoisotopic (exact) mass is 445 g/mol. The number of carbonyl (C=O) groups excluding carboxylic acids is 1. The number of aryl methyl sites for hydroxylation is 1. The van der Waals surface area contributed by atoms with Crippen molar-refractivity contribution >= 4 is 18.0 Å². The van der Waals surface area contributed by atoms with Gasteiger partial charge in [-0.25, -0.2) is 9.78 Å². The molecule has 0 amide bonds. The lowest BCUT2D eigenvalue weighted by Gasteiger charge is -2.34. The zero-order valence-corrected chi connectivity index (χ0v) is 18.9. The summed E-state index contributed by atoms with van der Waals surface area (Å²) in [5.74, 6) is 0.392. The topological polar surface area (TPSA) is 111 Å². The molecule has 2 aliphatic rings. The van der Waals surface area contributed by atoms with Crippen LogP contribution in [0.1, 0.15) is 50.7 Å². The summed E-state index contributed by atoms with van der Waals surface area (Å²) in [6.45, 7) is 7.24. The van der Waals surface area contributed by atoms with E-state index < -0.39 is 0 Å². The van der Waals surface area contributed by atoms with E-state index in [4.69, 9.17) is 20.1 Å². The first-order chi connectivity index (χ1) is 16.0. The van der Waals surface area contributed by atoms with Crippen LogP contribution in [0.25, 0.3) is 0 Å². The lowest BCUT2D eigenvalue weighted by molar-refractivity contribution is -0.0297. The maximum atomic E-state index is 11.8. The number of morpholine rings is 1. The van der Waals surface area contributed by atoms with E-state index in [0.29, 0.717) is 36.6 Å². The summed E-state index contributed by atoms with van der Waals surface area (Å²) in [5, 5.41) is 19.9. The van der Waals surface area contributed by atoms with Crippen LogP contribution in [-0.2, 0) is 16.1 Å². The van der Waals surface area contributed by atoms with Crippen LogP contribution in [0.5, 0.6) is 0 Å². The van der Waals surface area contributed by atoms with Crippen molar-refractivity contribution in [2.75, 3.05) is 31.6 Å². The molecule has 0 unspecified atom stereocenters. The highest BCUT2D eigenvalue weighted by atomic mass is 16.5. The van der Waals surface area contributed by atoms with E-state index in [1.807, 2.05) is 32.0 Å². The standard InChI is InChI=1S/C25H27N5O3/c1-16-9-24(29-13-19(16)11-27)28-12-18(10-26)5-6-30-7-8-32-23(14-30)20-3-4-21-22(17(20)2)15-33-25(21)31/h3-4,9-10,12-13,23,26H,5-8,14-15H2,1-2H3,(H,28,29)/b18-12-,26-10?/t23-/m0/s1. The number of esters is 1. The largest absolute Gasteiger partial charge is 0.457 e. The average molecular weight is 446 g/mol. The lowest BCUT2D eigenvalue weighted by atomic mass is 9.94. The Morgan fingerprint density at radius 3 is 3.03 bits per heavy atom. The highest BCUT2D eigenvalue weighted by Crippen LogP contribution is 2.32. The molecule has 2 N–H and O–H groups in total. The quantitative estimate of drug-likeness (QED) is 0.494. The molecule has 1 saturated heterocycles. The van der Waals surface area contributed by atoms with Crippen LogP contribution in [0.15, 0.2) is 36.2 Å². The summed E-state index contributed by atoms with van der Waals surface area (Å²) in [7, 11) is 0. The summed E-state index contributed by atoms with van der Waals surface area (Å²) < 4.78 is 11.2. The molecule has 33 heavy (non-hydrogen) atoms. The van der Waals surface area contributed by atoms with Crippen molar-refractivity contribution in [1.29, 1.82) is 10.7 Å². The molecule has 0 bridgehead atoms. The number of aromatic nitrogens is 1. The number of carbonyl (C=O) groups is 1. The summed E-state index contributed by atoms with van der Waals surface area (Å²) in [6, 6.07) is 7.75. The maximum Gasteiger partial charge on any atom is 0.338 e. The Bertz CT molecular complexity index is 1150. The van der Waals surface area contributed by atoms with Crippen LogP contribution in [0.2, 0.25) is 0 Å². The molecule has 170 valence electrons. The molecule has 8 nitrogen and oxygen atoms in total. The van der Waals surface area contributed by atoms with Gasteiger partial charge < -0.3 is 20.2 Å². The van der Waals surface area contributed by atoms with Crippen molar-refractivity contribution in [2.24, 2.45) is 0 Å². The highest BCUT2D eigenvalue weighted by Gasteiger charge is 2.28. The Morgan fingerprint density at radius 2 is 2.27 bits per heavy atom. The summed E-state index contributed by atoms with van der Waals surface area (Å²) >= 11 is 0. The van der Waals surface area contributed by atoms with Gasteiger partial charge in [-0.05, 0) is 54.7 Å². The zero-order valence-electron chi connectivity index (χ0n) is 18.9. The average Bonchev–Trinajstić information content (AvgIpc) is 3.21. The molecular formula is C25H27N5O3. The van der Waals surface area contributed by atoms with E-state index in [-0.39, 0.29) is 12.1 Å². The van der Waals surface area contributed by atoms with Crippen LogP contribution >= 0.6 is 0 Å². The van der Waals surface area contributed by atoms with Crippen molar-refractivity contribution in [3.63, 3.8) is 0 Å². The summed E-state index contributed by atoms with van der Waals surface area (Å²) in [6.07, 6.45) is 5.34. The third-order valence-corrected chi connectivity index (χ3v) is 6.24. The van der Waals surface area contributed by atoms with Gasteiger partial charge in [0.25, 0.3) is 0 Å². The Morgan fingerprint density at radius 1 is 1.42 bits per heavy atom. The molecule has 8 heteroatoms. The van der Waals surface area contributed by atoms with Crippen molar-refractivity contribution in [1.82, 2.24) is 9.88 Å². The Labute approximate surface area is 193 Å². The molecular weight excluding hydrogens is 418 g/mol. The number of nitrogens with zero attached hydrogens (tertiary/aromatic N) is 3. The van der Waals surface area contributed by atoms with Gasteiger partial charge in [0.05, 0.1) is 23.8 Å². The minimum Gasteiger partial charge on any atom is -0.457 e. The van der Waals surface area contributed by atoms with Crippen LogP contribution in [0, 0.1) is 30.6 Å². The molecule has 0 aliphatic carbocycles. The fourth-order valence-electron chi connectivity index (χ4n) is 4.20. The molecule has 0 spiro atoms. The van der Waals surface area contributed by atoms with E-state index in [1.165, 1.54) is 6.21 Å². The lowest BCUT2D eigenvalue weighted by Crippen LogP contribution is -2.39. The van der Waals surface area contributed by atoms with E-state index in [9.17, 15) is 4.79 Å². The van der Waals surface area contributed by atoms with Gasteiger partial charge in [0.15, 0.2) is 0 Å². The fraction of sp³-hybridized carbons (Fsp3) is 0.360. The van der Waals surface area contributed by atoms with E-state index >= 15 is 0 Å². The number of cyclic esters (lactones) is 1. The molecule has 3 heterocycles. The molecule has 2 aliphatic heterocycles. The van der Waals surface area contributed by atoms with Gasteiger partial charge in [-0.1, -0.05) is 6.07 Å². The molecule has 4 rings (SSSR count). The highest BCUT2D eigenvalue weighted by molar-refractivity contribution is 5.94. The smallest absolute Gasteiger partial charge is 0.338 e. The first-order valence-corrected chi connectivity index (χ1v) is 11.0. The van der Waals surface area contributed by atoms with Crippen LogP contribution < -0.4 is 5.32 Å². The van der Waals surface area contributed by atoms with Crippen LogP contribution in [0.4, 0.5) is 5.82 Å². The summed E-state index contributed by atoms with van der Waals surface area (Å²) in [4.78, 5) is 18.4. The predicted molar refractivity (Wildman–Crippen MR) is 124 cm³/mol. The molecule has 2 aromatic rings. The Hall–Kier alpha value is -3.54. The number of hydrogen-bond donors (Lipinski definition) is 2. The fourth-order valence-corrected chi connectivity index (χ4v) is 4.20. The summed E-state index contributed by atoms with van der Waals surface area (Å²) in [5.41, 5.74) is 6.05. The second-order valence-electron chi connectivity index (χ2n) is 8.30. The molecule has 0 saturated carbocycles. The van der Waals surface area contributed by atoms with Crippen molar-refractivity contribution in [2.45, 2.75) is 33.0 Å². The number of nitriles is 1. The van der Waals surface area contributed by atoms with Gasteiger partial charge in [-0.3, -0.25) is 4.90 Å². The maximum absolute atomic E-state index is 11.8. The first-order valence-electron chi connectivity index (χ1n) is 11.0. The van der Waals surface area contributed by atoms with Gasteiger partial charge in [-0.15, -0.1) is 0 Å². The van der Waals surface area contributed by atoms with Crippen LogP contribution in [0.3, 0.4) is 0 Å². The number of ether oxygens (including phenoxy) is 2. The molecule has 1 aromatic heterocycles. The molecule has 1 fully saturated rings. The van der Waals surface area contributed by atoms with Gasteiger partial charge >= 0.3 is 5.97 Å². The van der Waals surface area contributed by atoms with E-state index in [1.54, 1.807) is 12.4 Å². The second kappa shape index (κ2) is 9.94. The zero-order chi connectivity index (χ0) is 23.4. The van der Waals surface area contributed by atoms with E-state index in [0.717, 1.165) is 47.5 Å². The Balaban J connectivity index is 1.37. The SMILES string of the molecule is Cc1cc(N/C=C(\C=N)CCN2CCO[C@H](c3ccc4c(c3C)COC4=O)C2)ncc1C#N. The number of nitrogens with one attached hydrogen (secondary N) is 2. The third kappa shape index (κ3) is 4.95. The van der Waals surface area contributed by atoms with Crippen molar-refractivity contribution in [3.05, 3.63) is 69.5 Å². The number of rotatable bonds is 7. The van der Waals surface area contributed by atoms with Gasteiger partial charge in [0.2, 0.25) is 0 Å². The van der Waals surface area contributed by atoms with Crippen molar-refractivity contribution < 1.29 is 14.3 Å². The van der Waals surface area contributed by atoms with E-state index in [2.05, 4.69) is 21.3 Å². The molecule has 0 radical (unpaired) electrons. The van der Waals surface area contributed by atoms with Gasteiger partial charge in [-0.2, -0.15) is 5.26 Å². The van der Waals surface area contributed by atoms with Gasteiger partial charge in [0.1, 0.15) is 18.5 Å². The molecule has 1 atom stereocenters. The third-order valence-electron chi connectivity index (χ3n) is 6.24. The van der Waals surface area contributed by atoms with Crippen molar-refractivity contribution in [3.8, 4) is 6.07 Å². The van der Waals surface area contributed by atoms with Gasteiger partial charge in [0, 0.05) is 43.8 Å². The number of pyridine rings is 1. The normalized spacial score (nSPS) is 18.4. The number of anilines is 1. The molecule has 1 aromatic carbocycles. The van der Waals surface area contributed by atoms with Crippen LogP contribution in [-0.4, -0.2) is 48.3 Å². The predicted octanol–water partition coefficient (Wildman–Crippen LogP) is 3.65. The minimum atomic E-state index is -0.253. The number of benzene rings is 1. The Kier molecular flexibility index (Phi) is 6.82. The number of fused-ring (bicyclic) bond motifs is 1. The minimum absolute atomic E-state index is 0.0592. The number of hydrogen-bond acceptors (Lipinski definition) is 8. The second-order valence-corrected chi connectivity index (χ2v) is 8.30.